The van der Waals surface area contributed by atoms with Crippen LogP contribution in [-0.4, -0.2) is 59.2 Å². The fourth-order valence-corrected chi connectivity index (χ4v) is 4.39. The smallest absolute Gasteiger partial charge is 0.338 e. The maximum Gasteiger partial charge on any atom is 0.338 e. The van der Waals surface area contributed by atoms with Gasteiger partial charge in [-0.15, -0.1) is 0 Å². The third-order valence-corrected chi connectivity index (χ3v) is 6.05. The molecule has 184 valence electrons. The quantitative estimate of drug-likeness (QED) is 0.473. The van der Waals surface area contributed by atoms with E-state index in [4.69, 9.17) is 14.2 Å². The molecule has 11 heteroatoms. The number of nitrogens with one attached hydrogen (secondary N) is 1. The zero-order valence-electron chi connectivity index (χ0n) is 19.4. The largest absolute Gasteiger partial charge is 0.495 e. The minimum Gasteiger partial charge on any atom is -0.495 e. The number of anilines is 1. The Labute approximate surface area is 198 Å². The molecule has 34 heavy (non-hydrogen) atoms. The highest BCUT2D eigenvalue weighted by molar-refractivity contribution is 7.89. The van der Waals surface area contributed by atoms with Crippen LogP contribution in [0.25, 0.3) is 0 Å². The van der Waals surface area contributed by atoms with E-state index in [1.807, 2.05) is 0 Å². The summed E-state index contributed by atoms with van der Waals surface area (Å²) in [5, 5.41) is 0. The van der Waals surface area contributed by atoms with E-state index < -0.39 is 34.5 Å². The fraction of sp³-hybridized carbons (Fsp3) is 0.348. The molecule has 0 aliphatic rings. The molecular weight excluding hydrogens is 464 g/mol. The van der Waals surface area contributed by atoms with Crippen LogP contribution in [0.3, 0.4) is 0 Å². The van der Waals surface area contributed by atoms with Crippen molar-refractivity contribution in [2.75, 3.05) is 31.8 Å². The molecule has 0 fully saturated rings. The number of carbonyl (C=O) groups excluding carboxylic acids is 3. The Bertz CT molecular complexity index is 1120. The number of benzene rings is 2. The summed E-state index contributed by atoms with van der Waals surface area (Å²) >= 11 is 0. The van der Waals surface area contributed by atoms with Crippen molar-refractivity contribution in [1.82, 2.24) is 4.72 Å². The van der Waals surface area contributed by atoms with Crippen molar-refractivity contribution in [3.63, 3.8) is 0 Å². The highest BCUT2D eigenvalue weighted by atomic mass is 32.2. The number of amides is 1. The minimum atomic E-state index is -3.97. The molecule has 0 radical (unpaired) electrons. The topological polar surface area (TPSA) is 128 Å². The number of hydrogen-bond acceptors (Lipinski definition) is 8. The molecule has 0 heterocycles. The van der Waals surface area contributed by atoms with Gasteiger partial charge in [0.1, 0.15) is 17.2 Å². The molecule has 2 aromatic carbocycles. The Kier molecular flexibility index (Phi) is 9.58. The highest BCUT2D eigenvalue weighted by Crippen LogP contribution is 2.25. The van der Waals surface area contributed by atoms with Gasteiger partial charge in [0.25, 0.3) is 5.91 Å². The van der Waals surface area contributed by atoms with Gasteiger partial charge >= 0.3 is 11.9 Å². The lowest BCUT2D eigenvalue weighted by atomic mass is 10.2. The first-order chi connectivity index (χ1) is 16.1. The zero-order chi connectivity index (χ0) is 25.3. The van der Waals surface area contributed by atoms with Crippen molar-refractivity contribution in [2.24, 2.45) is 0 Å². The standard InChI is InChI=1S/C23H28N2O8S/c1-5-32-22(27)14-25(18-9-7-6-8-10-18)21(26)15-33-23(28)17-11-12-19(31-4)20(13-17)34(29,30)24-16(2)3/h6-13,16,24H,5,14-15H2,1-4H3. The summed E-state index contributed by atoms with van der Waals surface area (Å²) in [4.78, 5) is 38.2. The molecule has 1 amide bonds. The third kappa shape index (κ3) is 7.29. The van der Waals surface area contributed by atoms with E-state index in [2.05, 4.69) is 4.72 Å². The van der Waals surface area contributed by atoms with Gasteiger partial charge in [-0.05, 0) is 51.1 Å². The summed E-state index contributed by atoms with van der Waals surface area (Å²) in [6.07, 6.45) is 0. The molecule has 0 aliphatic heterocycles. The lowest BCUT2D eigenvalue weighted by molar-refractivity contribution is -0.142. The lowest BCUT2D eigenvalue weighted by Crippen LogP contribution is -2.39. The van der Waals surface area contributed by atoms with E-state index >= 15 is 0 Å². The van der Waals surface area contributed by atoms with Crippen LogP contribution in [-0.2, 0) is 29.1 Å². The molecule has 0 unspecified atom stereocenters. The van der Waals surface area contributed by atoms with Gasteiger partial charge < -0.3 is 14.2 Å². The second-order valence-electron chi connectivity index (χ2n) is 7.34. The summed E-state index contributed by atoms with van der Waals surface area (Å²) in [6.45, 7) is 4.07. The molecule has 0 saturated heterocycles. The molecule has 2 aromatic rings. The number of methoxy groups -OCH3 is 1. The van der Waals surface area contributed by atoms with E-state index in [9.17, 15) is 22.8 Å². The molecule has 1 N–H and O–H groups in total. The van der Waals surface area contributed by atoms with Crippen LogP contribution < -0.4 is 14.4 Å². The van der Waals surface area contributed by atoms with Gasteiger partial charge in [-0.25, -0.2) is 17.9 Å². The zero-order valence-corrected chi connectivity index (χ0v) is 20.3. The fourth-order valence-electron chi connectivity index (χ4n) is 2.94. The third-order valence-electron chi connectivity index (χ3n) is 4.37. The maximum atomic E-state index is 12.8. The highest BCUT2D eigenvalue weighted by Gasteiger charge is 2.25. The predicted octanol–water partition coefficient (Wildman–Crippen LogP) is 2.13. The predicted molar refractivity (Wildman–Crippen MR) is 124 cm³/mol. The van der Waals surface area contributed by atoms with E-state index in [0.717, 1.165) is 11.0 Å². The number of esters is 2. The summed E-state index contributed by atoms with van der Waals surface area (Å²) in [6, 6.07) is 11.8. The number of sulfonamides is 1. The summed E-state index contributed by atoms with van der Waals surface area (Å²) in [5.41, 5.74) is 0.337. The molecule has 0 saturated carbocycles. The second kappa shape index (κ2) is 12.1. The summed E-state index contributed by atoms with van der Waals surface area (Å²) in [7, 11) is -2.66. The van der Waals surface area contributed by atoms with Crippen LogP contribution in [0.5, 0.6) is 5.75 Å². The Morgan fingerprint density at radius 3 is 2.29 bits per heavy atom. The molecule has 0 aliphatic carbocycles. The van der Waals surface area contributed by atoms with Crippen LogP contribution >= 0.6 is 0 Å². The SMILES string of the molecule is CCOC(=O)CN(C(=O)COC(=O)c1ccc(OC)c(S(=O)(=O)NC(C)C)c1)c1ccccc1. The van der Waals surface area contributed by atoms with Gasteiger partial charge in [-0.3, -0.25) is 14.5 Å². The van der Waals surface area contributed by atoms with Crippen LogP contribution in [0, 0.1) is 0 Å². The lowest BCUT2D eigenvalue weighted by Gasteiger charge is -2.21. The average molecular weight is 493 g/mol. The van der Waals surface area contributed by atoms with Gasteiger partial charge in [0.05, 0.1) is 19.3 Å². The first kappa shape index (κ1) is 26.8. The number of hydrogen-bond donors (Lipinski definition) is 1. The van der Waals surface area contributed by atoms with Crippen molar-refractivity contribution in [3.8, 4) is 5.75 Å². The number of rotatable bonds is 11. The first-order valence-electron chi connectivity index (χ1n) is 10.5. The van der Waals surface area contributed by atoms with E-state index in [-0.39, 0.29) is 35.4 Å². The Hall–Kier alpha value is -3.44. The Balaban J connectivity index is 2.20. The maximum absolute atomic E-state index is 12.8. The van der Waals surface area contributed by atoms with Crippen LogP contribution in [0.2, 0.25) is 0 Å². The van der Waals surface area contributed by atoms with Gasteiger partial charge in [0.2, 0.25) is 10.0 Å². The molecule has 0 aromatic heterocycles. The molecule has 0 spiro atoms. The number of para-hydroxylation sites is 1. The van der Waals surface area contributed by atoms with Crippen molar-refractivity contribution in [3.05, 3.63) is 54.1 Å². The van der Waals surface area contributed by atoms with Crippen molar-refractivity contribution in [1.29, 1.82) is 0 Å². The minimum absolute atomic E-state index is 0.0467. The number of carbonyl (C=O) groups is 3. The summed E-state index contributed by atoms with van der Waals surface area (Å²) < 4.78 is 42.8. The molecule has 2 rings (SSSR count). The van der Waals surface area contributed by atoms with Crippen LogP contribution in [0.4, 0.5) is 5.69 Å². The molecule has 10 nitrogen and oxygen atoms in total. The van der Waals surface area contributed by atoms with Crippen molar-refractivity contribution in [2.45, 2.75) is 31.7 Å². The van der Waals surface area contributed by atoms with Crippen molar-refractivity contribution < 1.29 is 37.0 Å². The van der Waals surface area contributed by atoms with Crippen LogP contribution in [0.15, 0.2) is 53.4 Å². The number of ether oxygens (including phenoxy) is 3. The Morgan fingerprint density at radius 2 is 1.71 bits per heavy atom. The van der Waals surface area contributed by atoms with E-state index in [0.29, 0.717) is 5.69 Å². The van der Waals surface area contributed by atoms with E-state index in [1.165, 1.54) is 19.2 Å². The van der Waals surface area contributed by atoms with Gasteiger partial charge in [-0.2, -0.15) is 0 Å². The molecule has 0 atom stereocenters. The Morgan fingerprint density at radius 1 is 1.03 bits per heavy atom. The van der Waals surface area contributed by atoms with Gasteiger partial charge in [0.15, 0.2) is 6.61 Å². The van der Waals surface area contributed by atoms with Gasteiger partial charge in [-0.1, -0.05) is 18.2 Å². The second-order valence-corrected chi connectivity index (χ2v) is 9.02. The molecular formula is C23H28N2O8S. The number of nitrogens with zero attached hydrogens (tertiary/aromatic N) is 1. The van der Waals surface area contributed by atoms with Crippen LogP contribution in [0.1, 0.15) is 31.1 Å². The normalized spacial score (nSPS) is 11.1. The van der Waals surface area contributed by atoms with Crippen molar-refractivity contribution >= 4 is 33.6 Å². The molecule has 0 bridgehead atoms. The summed E-state index contributed by atoms with van der Waals surface area (Å²) in [5.74, 6) is -2.14. The van der Waals surface area contributed by atoms with E-state index in [1.54, 1.807) is 51.1 Å². The monoisotopic (exact) mass is 492 g/mol. The average Bonchev–Trinajstić information content (AvgIpc) is 2.80. The first-order valence-corrected chi connectivity index (χ1v) is 12.0. The van der Waals surface area contributed by atoms with Gasteiger partial charge in [0, 0.05) is 11.7 Å².